The van der Waals surface area contributed by atoms with E-state index in [0.29, 0.717) is 6.04 Å². The van der Waals surface area contributed by atoms with Crippen LogP contribution in [0, 0.1) is 27.7 Å². The first-order chi connectivity index (χ1) is 15.9. The predicted molar refractivity (Wildman–Crippen MR) is 139 cm³/mol. The van der Waals surface area contributed by atoms with Crippen molar-refractivity contribution < 1.29 is 0 Å². The molecular weight excluding hydrogens is 424 g/mol. The molecule has 0 bridgehead atoms. The lowest BCUT2D eigenvalue weighted by atomic mass is 9.90. The minimum absolute atomic E-state index is 0.0498. The summed E-state index contributed by atoms with van der Waals surface area (Å²) in [6, 6.07) is 16.0. The summed E-state index contributed by atoms with van der Waals surface area (Å²) in [6.45, 7) is 8.82. The van der Waals surface area contributed by atoms with E-state index in [-0.39, 0.29) is 12.1 Å². The Balaban J connectivity index is 1.64. The van der Waals surface area contributed by atoms with Crippen molar-refractivity contribution in [2.45, 2.75) is 77.9 Å². The van der Waals surface area contributed by atoms with Gasteiger partial charge < -0.3 is 14.8 Å². The molecule has 2 atom stereocenters. The van der Waals surface area contributed by atoms with E-state index >= 15 is 0 Å². The summed E-state index contributed by atoms with van der Waals surface area (Å²) >= 11 is 5.97. The second-order valence-corrected chi connectivity index (χ2v) is 10.2. The third kappa shape index (κ3) is 4.08. The van der Waals surface area contributed by atoms with E-state index in [4.69, 9.17) is 17.2 Å². The van der Waals surface area contributed by atoms with Gasteiger partial charge in [-0.15, -0.1) is 0 Å². The number of aryl methyl sites for hydroxylation is 3. The molecule has 0 unspecified atom stereocenters. The molecule has 3 aromatic rings. The highest BCUT2D eigenvalue weighted by Crippen LogP contribution is 2.44. The maximum absolute atomic E-state index is 5.97. The molecule has 1 aromatic carbocycles. The first kappa shape index (κ1) is 22.1. The Hall–Kier alpha value is -2.66. The zero-order valence-electron chi connectivity index (χ0n) is 20.1. The summed E-state index contributed by atoms with van der Waals surface area (Å²) in [5.74, 6) is 0. The van der Waals surface area contributed by atoms with Gasteiger partial charge in [0.2, 0.25) is 0 Å². The molecule has 5 rings (SSSR count). The van der Waals surface area contributed by atoms with Gasteiger partial charge >= 0.3 is 0 Å². The fourth-order valence-corrected chi connectivity index (χ4v) is 6.40. The molecule has 1 aliphatic heterocycles. The lowest BCUT2D eigenvalue weighted by Crippen LogP contribution is -2.40. The molecule has 0 amide bonds. The number of hydrogen-bond donors (Lipinski definition) is 1. The van der Waals surface area contributed by atoms with Gasteiger partial charge in [0.15, 0.2) is 5.11 Å². The monoisotopic (exact) mass is 458 g/mol. The Bertz CT molecular complexity index is 1140. The van der Waals surface area contributed by atoms with E-state index in [0.717, 1.165) is 10.8 Å². The molecule has 2 fully saturated rings. The summed E-state index contributed by atoms with van der Waals surface area (Å²) < 4.78 is 2.41. The Morgan fingerprint density at radius 1 is 0.939 bits per heavy atom. The average Bonchev–Trinajstić information content (AvgIpc) is 3.29. The molecular formula is C28H34N4S. The summed E-state index contributed by atoms with van der Waals surface area (Å²) in [7, 11) is 0. The molecule has 2 aromatic heterocycles. The van der Waals surface area contributed by atoms with Gasteiger partial charge in [-0.25, -0.2) is 0 Å². The first-order valence-corrected chi connectivity index (χ1v) is 12.6. The molecule has 0 spiro atoms. The average molecular weight is 459 g/mol. The van der Waals surface area contributed by atoms with Crippen molar-refractivity contribution in [3.05, 3.63) is 82.4 Å². The van der Waals surface area contributed by atoms with E-state index in [1.807, 2.05) is 12.3 Å². The van der Waals surface area contributed by atoms with Crippen LogP contribution in [0.2, 0.25) is 0 Å². The van der Waals surface area contributed by atoms with Gasteiger partial charge in [-0.2, -0.15) is 0 Å². The molecule has 1 aliphatic carbocycles. The van der Waals surface area contributed by atoms with Crippen LogP contribution in [-0.4, -0.2) is 25.6 Å². The Labute approximate surface area is 203 Å². The number of nitrogens with one attached hydrogen (secondary N) is 1. The Morgan fingerprint density at radius 2 is 1.67 bits per heavy atom. The van der Waals surface area contributed by atoms with Crippen LogP contribution in [0.3, 0.4) is 0 Å². The van der Waals surface area contributed by atoms with Crippen LogP contribution >= 0.6 is 12.2 Å². The molecule has 1 saturated carbocycles. The van der Waals surface area contributed by atoms with Crippen molar-refractivity contribution in [1.82, 2.24) is 19.8 Å². The number of benzene rings is 1. The van der Waals surface area contributed by atoms with Gasteiger partial charge in [-0.05, 0) is 99.8 Å². The minimum atomic E-state index is 0.0498. The molecule has 3 heterocycles. The van der Waals surface area contributed by atoms with Crippen LogP contribution in [0.25, 0.3) is 5.69 Å². The number of thiocarbonyl (C=S) groups is 1. The van der Waals surface area contributed by atoms with Crippen molar-refractivity contribution in [2.75, 3.05) is 0 Å². The van der Waals surface area contributed by atoms with Gasteiger partial charge in [0, 0.05) is 29.3 Å². The zero-order valence-corrected chi connectivity index (χ0v) is 21.0. The van der Waals surface area contributed by atoms with Crippen LogP contribution in [0.1, 0.15) is 78.0 Å². The van der Waals surface area contributed by atoms with Gasteiger partial charge in [0.1, 0.15) is 0 Å². The second kappa shape index (κ2) is 8.94. The molecule has 2 aliphatic rings. The van der Waals surface area contributed by atoms with Gasteiger partial charge in [0.25, 0.3) is 0 Å². The molecule has 172 valence electrons. The first-order valence-electron chi connectivity index (χ1n) is 12.2. The van der Waals surface area contributed by atoms with Crippen molar-refractivity contribution in [3.63, 3.8) is 0 Å². The van der Waals surface area contributed by atoms with Crippen LogP contribution in [0.4, 0.5) is 0 Å². The maximum Gasteiger partial charge on any atom is 0.170 e. The zero-order chi connectivity index (χ0) is 23.1. The molecule has 1 saturated heterocycles. The van der Waals surface area contributed by atoms with Crippen LogP contribution < -0.4 is 5.32 Å². The highest BCUT2D eigenvalue weighted by molar-refractivity contribution is 7.80. The van der Waals surface area contributed by atoms with Gasteiger partial charge in [-0.3, -0.25) is 4.98 Å². The Morgan fingerprint density at radius 3 is 2.33 bits per heavy atom. The lowest BCUT2D eigenvalue weighted by molar-refractivity contribution is 0.197. The molecule has 0 radical (unpaired) electrons. The lowest BCUT2D eigenvalue weighted by Gasteiger charge is -2.37. The highest BCUT2D eigenvalue weighted by Gasteiger charge is 2.44. The largest absolute Gasteiger partial charge is 0.352 e. The summed E-state index contributed by atoms with van der Waals surface area (Å²) in [6.07, 6.45) is 8.21. The second-order valence-electron chi connectivity index (χ2n) is 9.83. The van der Waals surface area contributed by atoms with Crippen molar-refractivity contribution >= 4 is 17.3 Å². The SMILES string of the molecule is Cc1cc(C)cc(-n2c(C)cc([C@@H]3[C@@H](c4ccccn4)NC(=S)N3C3CCCCC3)c2C)c1. The third-order valence-electron chi connectivity index (χ3n) is 7.36. The minimum Gasteiger partial charge on any atom is -0.352 e. The maximum atomic E-state index is 5.97. The summed E-state index contributed by atoms with van der Waals surface area (Å²) in [5.41, 5.74) is 8.76. The van der Waals surface area contributed by atoms with Gasteiger partial charge in [-0.1, -0.05) is 31.4 Å². The van der Waals surface area contributed by atoms with Crippen molar-refractivity contribution in [1.29, 1.82) is 0 Å². The fourth-order valence-electron chi connectivity index (χ4n) is 6.01. The third-order valence-corrected chi connectivity index (χ3v) is 7.69. The van der Waals surface area contributed by atoms with E-state index < -0.39 is 0 Å². The van der Waals surface area contributed by atoms with Crippen LogP contribution in [0.5, 0.6) is 0 Å². The van der Waals surface area contributed by atoms with E-state index in [9.17, 15) is 0 Å². The van der Waals surface area contributed by atoms with E-state index in [1.165, 1.54) is 65.9 Å². The van der Waals surface area contributed by atoms with Crippen LogP contribution in [0.15, 0.2) is 48.7 Å². The van der Waals surface area contributed by atoms with Crippen molar-refractivity contribution in [3.8, 4) is 5.69 Å². The number of nitrogens with zero attached hydrogens (tertiary/aromatic N) is 3. The molecule has 1 N–H and O–H groups in total. The summed E-state index contributed by atoms with van der Waals surface area (Å²) in [4.78, 5) is 7.25. The molecule has 4 nitrogen and oxygen atoms in total. The van der Waals surface area contributed by atoms with Gasteiger partial charge in [0.05, 0.1) is 17.8 Å². The number of hydrogen-bond acceptors (Lipinski definition) is 2. The summed E-state index contributed by atoms with van der Waals surface area (Å²) in [5, 5.41) is 4.54. The number of aromatic nitrogens is 2. The van der Waals surface area contributed by atoms with E-state index in [2.05, 4.69) is 78.9 Å². The predicted octanol–water partition coefficient (Wildman–Crippen LogP) is 6.41. The van der Waals surface area contributed by atoms with Crippen LogP contribution in [-0.2, 0) is 0 Å². The fraction of sp³-hybridized carbons (Fsp3) is 0.429. The smallest absolute Gasteiger partial charge is 0.170 e. The topological polar surface area (TPSA) is 33.1 Å². The van der Waals surface area contributed by atoms with Crippen molar-refractivity contribution in [2.24, 2.45) is 0 Å². The number of rotatable bonds is 4. The standard InChI is InChI=1S/C28H34N4S/c1-18-14-19(2)16-23(15-18)31-20(3)17-24(21(31)4)27-26(25-12-8-9-13-29-25)30-28(33)32(27)22-10-6-5-7-11-22/h8-9,12-17,22,26-27H,5-7,10-11H2,1-4H3,(H,30,33)/t26-,27-/m1/s1. The quantitative estimate of drug-likeness (QED) is 0.458. The number of pyridine rings is 1. The Kier molecular flexibility index (Phi) is 6.00. The molecule has 5 heteroatoms. The van der Waals surface area contributed by atoms with E-state index in [1.54, 1.807) is 0 Å². The normalized spacial score (nSPS) is 21.5. The molecule has 33 heavy (non-hydrogen) atoms. The highest BCUT2D eigenvalue weighted by atomic mass is 32.1.